The summed E-state index contributed by atoms with van der Waals surface area (Å²) in [6, 6.07) is 7.77. The van der Waals surface area contributed by atoms with Gasteiger partial charge in [0.25, 0.3) is 0 Å². The fourth-order valence-electron chi connectivity index (χ4n) is 3.06. The lowest BCUT2D eigenvalue weighted by molar-refractivity contribution is 0.712. The van der Waals surface area contributed by atoms with Gasteiger partial charge in [0.2, 0.25) is 0 Å². The Bertz CT molecular complexity index is 508. The molecule has 0 unspecified atom stereocenters. The van der Waals surface area contributed by atoms with E-state index in [0.29, 0.717) is 5.92 Å². The van der Waals surface area contributed by atoms with Crippen molar-refractivity contribution in [3.63, 3.8) is 0 Å². The zero-order chi connectivity index (χ0) is 12.4. The maximum atomic E-state index is 4.19. The molecule has 1 heterocycles. The van der Waals surface area contributed by atoms with Crippen LogP contribution in [0, 0.1) is 6.07 Å². The Balaban J connectivity index is 2.12. The fourth-order valence-corrected chi connectivity index (χ4v) is 3.06. The lowest BCUT2D eigenvalue weighted by Gasteiger charge is -2.18. The second-order valence-electron chi connectivity index (χ2n) is 5.07. The molecule has 2 heteroatoms. The molecule has 18 heavy (non-hydrogen) atoms. The number of hydrogen-bond acceptors (Lipinski definition) is 1. The van der Waals surface area contributed by atoms with Gasteiger partial charge in [-0.1, -0.05) is 31.9 Å². The summed E-state index contributed by atoms with van der Waals surface area (Å²) in [6.07, 6.45) is 12.2. The van der Waals surface area contributed by atoms with Gasteiger partial charge in [-0.15, -0.1) is 0 Å². The van der Waals surface area contributed by atoms with Crippen LogP contribution in [0.3, 0.4) is 0 Å². The van der Waals surface area contributed by atoms with Gasteiger partial charge in [-0.3, -0.25) is 0 Å². The van der Waals surface area contributed by atoms with Crippen molar-refractivity contribution >= 4 is 0 Å². The molecule has 0 spiro atoms. The van der Waals surface area contributed by atoms with E-state index in [9.17, 15) is 0 Å². The minimum absolute atomic E-state index is 0.689. The number of aromatic nitrogens is 2. The minimum Gasteiger partial charge on any atom is -0.306 e. The van der Waals surface area contributed by atoms with Crippen LogP contribution in [0.1, 0.15) is 49.7 Å². The van der Waals surface area contributed by atoms with Gasteiger partial charge in [0.1, 0.15) is 0 Å². The Morgan fingerprint density at radius 3 is 2.89 bits per heavy atom. The molecular formula is C16H19N2. The van der Waals surface area contributed by atoms with E-state index in [1.165, 1.54) is 42.5 Å². The van der Waals surface area contributed by atoms with Crippen LogP contribution >= 0.6 is 0 Å². The van der Waals surface area contributed by atoms with Gasteiger partial charge in [0.15, 0.2) is 0 Å². The van der Waals surface area contributed by atoms with Gasteiger partial charge in [-0.2, -0.15) is 0 Å². The lowest BCUT2D eigenvalue weighted by Crippen LogP contribution is -2.05. The quantitative estimate of drug-likeness (QED) is 0.794. The topological polar surface area (TPSA) is 17.8 Å². The smallest absolute Gasteiger partial charge is 0.0991 e. The molecule has 0 atom stereocenters. The van der Waals surface area contributed by atoms with Crippen molar-refractivity contribution in [1.29, 1.82) is 0 Å². The molecule has 1 saturated carbocycles. The molecule has 1 aromatic carbocycles. The molecule has 1 radical (unpaired) electrons. The SMILES string of the molecule is CCc1cc[c]c(C2CCCC2)c1-n1ccnc1. The number of aryl methyl sites for hydroxylation is 1. The average Bonchev–Trinajstić information content (AvgIpc) is 3.10. The van der Waals surface area contributed by atoms with Crippen molar-refractivity contribution in [2.45, 2.75) is 44.9 Å². The average molecular weight is 239 g/mol. The van der Waals surface area contributed by atoms with Crippen LogP contribution in [0.4, 0.5) is 0 Å². The standard InChI is InChI=1S/C16H19N2/c1-2-13-8-5-9-15(14-6-3-4-7-14)16(13)18-11-10-17-12-18/h5,8,10-12,14H,2-4,6-7H2,1H3. The van der Waals surface area contributed by atoms with Gasteiger partial charge >= 0.3 is 0 Å². The monoisotopic (exact) mass is 239 g/mol. The molecule has 0 N–H and O–H groups in total. The molecule has 0 bridgehead atoms. The van der Waals surface area contributed by atoms with E-state index >= 15 is 0 Å². The van der Waals surface area contributed by atoms with E-state index in [1.54, 1.807) is 0 Å². The number of hydrogen-bond donors (Lipinski definition) is 0. The molecule has 1 aromatic heterocycles. The zero-order valence-corrected chi connectivity index (χ0v) is 10.9. The maximum Gasteiger partial charge on any atom is 0.0991 e. The summed E-state index contributed by atoms with van der Waals surface area (Å²) < 4.78 is 2.16. The second kappa shape index (κ2) is 4.97. The van der Waals surface area contributed by atoms with Crippen molar-refractivity contribution in [3.8, 4) is 5.69 Å². The van der Waals surface area contributed by atoms with Gasteiger partial charge in [0, 0.05) is 12.4 Å². The summed E-state index contributed by atoms with van der Waals surface area (Å²) in [5.41, 5.74) is 4.11. The first-order chi connectivity index (χ1) is 8.90. The number of rotatable bonds is 3. The van der Waals surface area contributed by atoms with E-state index in [4.69, 9.17) is 0 Å². The highest BCUT2D eigenvalue weighted by Crippen LogP contribution is 2.37. The molecule has 1 aliphatic carbocycles. The summed E-state index contributed by atoms with van der Waals surface area (Å²) >= 11 is 0. The molecule has 1 aliphatic rings. The summed E-state index contributed by atoms with van der Waals surface area (Å²) in [5, 5.41) is 0. The van der Waals surface area contributed by atoms with Gasteiger partial charge in [0.05, 0.1) is 12.0 Å². The van der Waals surface area contributed by atoms with Crippen molar-refractivity contribution in [3.05, 3.63) is 48.0 Å². The summed E-state index contributed by atoms with van der Waals surface area (Å²) in [6.45, 7) is 2.22. The van der Waals surface area contributed by atoms with Gasteiger partial charge in [-0.05, 0) is 42.4 Å². The third kappa shape index (κ3) is 1.96. The van der Waals surface area contributed by atoms with E-state index < -0.39 is 0 Å². The molecular weight excluding hydrogens is 220 g/mol. The van der Waals surface area contributed by atoms with Crippen LogP contribution in [0.2, 0.25) is 0 Å². The molecule has 2 nitrogen and oxygen atoms in total. The fraction of sp³-hybridized carbons (Fsp3) is 0.438. The number of benzene rings is 1. The first-order valence-electron chi connectivity index (χ1n) is 6.92. The molecule has 0 aliphatic heterocycles. The van der Waals surface area contributed by atoms with Crippen LogP contribution < -0.4 is 0 Å². The van der Waals surface area contributed by atoms with Crippen molar-refractivity contribution in [2.75, 3.05) is 0 Å². The largest absolute Gasteiger partial charge is 0.306 e. The Kier molecular flexibility index (Phi) is 3.18. The second-order valence-corrected chi connectivity index (χ2v) is 5.07. The predicted molar refractivity (Wildman–Crippen MR) is 73.0 cm³/mol. The normalized spacial score (nSPS) is 16.3. The highest BCUT2D eigenvalue weighted by molar-refractivity contribution is 5.49. The molecule has 3 rings (SSSR count). The Labute approximate surface area is 109 Å². The van der Waals surface area contributed by atoms with Crippen LogP contribution in [0.15, 0.2) is 30.9 Å². The Morgan fingerprint density at radius 2 is 2.22 bits per heavy atom. The van der Waals surface area contributed by atoms with Crippen molar-refractivity contribution in [1.82, 2.24) is 9.55 Å². The lowest BCUT2D eigenvalue weighted by atomic mass is 9.92. The summed E-state index contributed by atoms with van der Waals surface area (Å²) in [4.78, 5) is 4.19. The predicted octanol–water partition coefficient (Wildman–Crippen LogP) is 3.89. The Hall–Kier alpha value is -1.57. The molecule has 2 aromatic rings. The van der Waals surface area contributed by atoms with Crippen molar-refractivity contribution < 1.29 is 0 Å². The molecule has 0 saturated heterocycles. The first kappa shape index (κ1) is 11.5. The van der Waals surface area contributed by atoms with Crippen LogP contribution in [0.25, 0.3) is 5.69 Å². The minimum atomic E-state index is 0.689. The van der Waals surface area contributed by atoms with Gasteiger partial charge < -0.3 is 4.57 Å². The highest BCUT2D eigenvalue weighted by atomic mass is 15.0. The third-order valence-corrected chi connectivity index (χ3v) is 3.99. The Morgan fingerprint density at radius 1 is 1.39 bits per heavy atom. The third-order valence-electron chi connectivity index (χ3n) is 3.99. The van der Waals surface area contributed by atoms with E-state index in [1.807, 2.05) is 18.7 Å². The van der Waals surface area contributed by atoms with E-state index in [0.717, 1.165) is 6.42 Å². The highest BCUT2D eigenvalue weighted by Gasteiger charge is 2.21. The molecule has 0 amide bonds. The summed E-state index contributed by atoms with van der Waals surface area (Å²) in [5.74, 6) is 0.689. The molecule has 1 fully saturated rings. The number of imidazole rings is 1. The first-order valence-corrected chi connectivity index (χ1v) is 6.92. The maximum absolute atomic E-state index is 4.19. The van der Waals surface area contributed by atoms with Crippen LogP contribution in [0.5, 0.6) is 0 Å². The van der Waals surface area contributed by atoms with E-state index in [-0.39, 0.29) is 0 Å². The van der Waals surface area contributed by atoms with Gasteiger partial charge in [-0.25, -0.2) is 4.98 Å². The number of nitrogens with zero attached hydrogens (tertiary/aromatic N) is 2. The van der Waals surface area contributed by atoms with Crippen LogP contribution in [-0.4, -0.2) is 9.55 Å². The van der Waals surface area contributed by atoms with E-state index in [2.05, 4.69) is 34.7 Å². The van der Waals surface area contributed by atoms with Crippen LogP contribution in [-0.2, 0) is 6.42 Å². The zero-order valence-electron chi connectivity index (χ0n) is 10.9. The van der Waals surface area contributed by atoms with Crippen molar-refractivity contribution in [2.24, 2.45) is 0 Å². The molecule has 93 valence electrons. The summed E-state index contributed by atoms with van der Waals surface area (Å²) in [7, 11) is 0.